The second-order valence-electron chi connectivity index (χ2n) is 5.80. The summed E-state index contributed by atoms with van der Waals surface area (Å²) in [4.78, 5) is 14.4. The number of alkyl halides is 1. The summed E-state index contributed by atoms with van der Waals surface area (Å²) >= 11 is 3.58. The molecule has 2 aliphatic rings. The van der Waals surface area contributed by atoms with Crippen LogP contribution in [-0.2, 0) is 11.3 Å². The van der Waals surface area contributed by atoms with Gasteiger partial charge in [-0.05, 0) is 18.3 Å². The van der Waals surface area contributed by atoms with E-state index in [2.05, 4.69) is 25.9 Å². The molecule has 1 aromatic heterocycles. The van der Waals surface area contributed by atoms with Crippen molar-refractivity contribution in [2.75, 3.05) is 36.5 Å². The minimum Gasteiger partial charge on any atom is -0.378 e. The molecule has 1 aliphatic heterocycles. The maximum atomic E-state index is 12.2. The number of hydrogen-bond donors (Lipinski definition) is 0. The third-order valence-corrected chi connectivity index (χ3v) is 5.60. The lowest BCUT2D eigenvalue weighted by Gasteiger charge is -2.40. The molecule has 110 valence electrons. The molecule has 0 radical (unpaired) electrons. The van der Waals surface area contributed by atoms with Gasteiger partial charge in [0.05, 0.1) is 31.6 Å². The van der Waals surface area contributed by atoms with Crippen molar-refractivity contribution in [1.82, 2.24) is 9.78 Å². The lowest BCUT2D eigenvalue weighted by atomic mass is 9.70. The van der Waals surface area contributed by atoms with Crippen LogP contribution < -0.4 is 10.5 Å². The Hall–Kier alpha value is -0.880. The highest BCUT2D eigenvalue weighted by Crippen LogP contribution is 2.43. The third-order valence-electron chi connectivity index (χ3n) is 4.41. The molecule has 20 heavy (non-hydrogen) atoms. The molecule has 2 fully saturated rings. The molecule has 1 aliphatic carbocycles. The molecule has 1 saturated carbocycles. The Balaban J connectivity index is 1.75. The van der Waals surface area contributed by atoms with Crippen LogP contribution in [-0.4, -0.2) is 41.4 Å². The fourth-order valence-corrected chi connectivity index (χ4v) is 3.60. The van der Waals surface area contributed by atoms with Gasteiger partial charge in [-0.15, -0.1) is 0 Å². The van der Waals surface area contributed by atoms with Crippen molar-refractivity contribution < 1.29 is 4.74 Å². The van der Waals surface area contributed by atoms with Gasteiger partial charge in [0.25, 0.3) is 5.56 Å². The van der Waals surface area contributed by atoms with Crippen LogP contribution in [0.2, 0.25) is 0 Å². The van der Waals surface area contributed by atoms with Crippen molar-refractivity contribution in [3.63, 3.8) is 0 Å². The molecule has 0 atom stereocenters. The van der Waals surface area contributed by atoms with Gasteiger partial charge in [-0.3, -0.25) is 4.79 Å². The van der Waals surface area contributed by atoms with Gasteiger partial charge in [0.1, 0.15) is 0 Å². The topological polar surface area (TPSA) is 47.4 Å². The first-order valence-electron chi connectivity index (χ1n) is 7.18. The van der Waals surface area contributed by atoms with Crippen LogP contribution in [0.25, 0.3) is 0 Å². The Morgan fingerprint density at radius 2 is 2.10 bits per heavy atom. The minimum atomic E-state index is 0.00113. The second kappa shape index (κ2) is 5.85. The highest BCUT2D eigenvalue weighted by Gasteiger charge is 2.36. The second-order valence-corrected chi connectivity index (χ2v) is 6.36. The van der Waals surface area contributed by atoms with Crippen LogP contribution in [0.5, 0.6) is 0 Å². The molecule has 1 saturated heterocycles. The summed E-state index contributed by atoms with van der Waals surface area (Å²) in [6.07, 6.45) is 5.43. The number of nitrogens with zero attached hydrogens (tertiary/aromatic N) is 3. The summed E-state index contributed by atoms with van der Waals surface area (Å²) in [5.74, 6) is 0. The Morgan fingerprint density at radius 1 is 1.35 bits per heavy atom. The fraction of sp³-hybridized carbons (Fsp3) is 0.714. The number of morpholine rings is 1. The Bertz CT molecular complexity index is 516. The summed E-state index contributed by atoms with van der Waals surface area (Å²) in [5, 5.41) is 5.31. The van der Waals surface area contributed by atoms with E-state index in [1.54, 1.807) is 10.7 Å². The Kier molecular flexibility index (Phi) is 4.12. The maximum Gasteiger partial charge on any atom is 0.268 e. The van der Waals surface area contributed by atoms with Crippen molar-refractivity contribution in [3.8, 4) is 0 Å². The first kappa shape index (κ1) is 14.1. The summed E-state index contributed by atoms with van der Waals surface area (Å²) < 4.78 is 6.94. The van der Waals surface area contributed by atoms with Crippen LogP contribution in [0.4, 0.5) is 5.69 Å². The number of ether oxygens (including phenoxy) is 1. The first-order chi connectivity index (χ1) is 9.72. The highest BCUT2D eigenvalue weighted by molar-refractivity contribution is 9.09. The van der Waals surface area contributed by atoms with Crippen LogP contribution in [0, 0.1) is 5.41 Å². The molecular formula is C14H20BrN3O2. The smallest absolute Gasteiger partial charge is 0.268 e. The molecule has 0 aromatic carbocycles. The summed E-state index contributed by atoms with van der Waals surface area (Å²) in [5.41, 5.74) is 1.15. The molecule has 1 aromatic rings. The quantitative estimate of drug-likeness (QED) is 0.781. The van der Waals surface area contributed by atoms with Crippen LogP contribution >= 0.6 is 15.9 Å². The van der Waals surface area contributed by atoms with Gasteiger partial charge in [0.2, 0.25) is 0 Å². The molecule has 0 N–H and O–H groups in total. The molecule has 5 nitrogen and oxygen atoms in total. The van der Waals surface area contributed by atoms with Gasteiger partial charge in [-0.25, -0.2) is 4.68 Å². The zero-order chi connectivity index (χ0) is 14.0. The summed E-state index contributed by atoms with van der Waals surface area (Å²) in [6.45, 7) is 3.82. The molecule has 2 heterocycles. The molecule has 0 bridgehead atoms. The van der Waals surface area contributed by atoms with Gasteiger partial charge < -0.3 is 9.64 Å². The number of rotatable bonds is 4. The average Bonchev–Trinajstić information content (AvgIpc) is 2.45. The van der Waals surface area contributed by atoms with E-state index in [4.69, 9.17) is 4.74 Å². The zero-order valence-electron chi connectivity index (χ0n) is 11.6. The Morgan fingerprint density at radius 3 is 2.65 bits per heavy atom. The van der Waals surface area contributed by atoms with Crippen LogP contribution in [0.15, 0.2) is 17.1 Å². The summed E-state index contributed by atoms with van der Waals surface area (Å²) in [7, 11) is 0. The molecule has 0 unspecified atom stereocenters. The average molecular weight is 342 g/mol. The molecule has 3 rings (SSSR count). The lowest BCUT2D eigenvalue weighted by Crippen LogP contribution is -2.41. The number of hydrogen-bond acceptors (Lipinski definition) is 4. The van der Waals surface area contributed by atoms with E-state index in [0.29, 0.717) is 0 Å². The van der Waals surface area contributed by atoms with Gasteiger partial charge >= 0.3 is 0 Å². The Labute approximate surface area is 127 Å². The minimum absolute atomic E-state index is 0.00113. The van der Waals surface area contributed by atoms with E-state index in [-0.39, 0.29) is 11.0 Å². The monoisotopic (exact) mass is 341 g/mol. The third kappa shape index (κ3) is 2.76. The van der Waals surface area contributed by atoms with E-state index >= 15 is 0 Å². The SMILES string of the molecule is O=c1cc(N2CCOCC2)cnn1CC1(CBr)CCC1. The van der Waals surface area contributed by atoms with Crippen LogP contribution in [0.1, 0.15) is 19.3 Å². The fourth-order valence-electron chi connectivity index (χ4n) is 2.87. The van der Waals surface area contributed by atoms with Crippen molar-refractivity contribution >= 4 is 21.6 Å². The number of aromatic nitrogens is 2. The maximum absolute atomic E-state index is 12.2. The first-order valence-corrected chi connectivity index (χ1v) is 8.30. The molecule has 0 spiro atoms. The van der Waals surface area contributed by atoms with E-state index in [0.717, 1.165) is 43.9 Å². The standard InChI is InChI=1S/C14H20BrN3O2/c15-10-14(2-1-3-14)11-18-13(19)8-12(9-16-18)17-4-6-20-7-5-17/h8-9H,1-7,10-11H2. The van der Waals surface area contributed by atoms with Crippen LogP contribution in [0.3, 0.4) is 0 Å². The van der Waals surface area contributed by atoms with E-state index in [1.807, 2.05) is 6.20 Å². The van der Waals surface area contributed by atoms with E-state index in [1.165, 1.54) is 19.3 Å². The van der Waals surface area contributed by atoms with Gasteiger partial charge in [0, 0.05) is 24.5 Å². The van der Waals surface area contributed by atoms with Crippen molar-refractivity contribution in [2.24, 2.45) is 5.41 Å². The van der Waals surface area contributed by atoms with Gasteiger partial charge in [0.15, 0.2) is 0 Å². The van der Waals surface area contributed by atoms with E-state index < -0.39 is 0 Å². The normalized spacial score (nSPS) is 21.6. The van der Waals surface area contributed by atoms with Gasteiger partial charge in [-0.2, -0.15) is 5.10 Å². The molecular weight excluding hydrogens is 322 g/mol. The predicted molar refractivity (Wildman–Crippen MR) is 81.6 cm³/mol. The predicted octanol–water partition coefficient (Wildman–Crippen LogP) is 1.65. The number of anilines is 1. The van der Waals surface area contributed by atoms with Crippen molar-refractivity contribution in [3.05, 3.63) is 22.6 Å². The lowest BCUT2D eigenvalue weighted by molar-refractivity contribution is 0.122. The zero-order valence-corrected chi connectivity index (χ0v) is 13.1. The molecule has 6 heteroatoms. The van der Waals surface area contributed by atoms with Crippen molar-refractivity contribution in [2.45, 2.75) is 25.8 Å². The number of halogens is 1. The highest BCUT2D eigenvalue weighted by atomic mass is 79.9. The van der Waals surface area contributed by atoms with E-state index in [9.17, 15) is 4.79 Å². The van der Waals surface area contributed by atoms with Gasteiger partial charge in [-0.1, -0.05) is 22.4 Å². The largest absolute Gasteiger partial charge is 0.378 e. The molecule has 0 amide bonds. The summed E-state index contributed by atoms with van der Waals surface area (Å²) in [6, 6.07) is 1.71. The van der Waals surface area contributed by atoms with Crippen molar-refractivity contribution in [1.29, 1.82) is 0 Å².